The van der Waals surface area contributed by atoms with Crippen molar-refractivity contribution in [2.24, 2.45) is 0 Å². The second kappa shape index (κ2) is 8.74. The van der Waals surface area contributed by atoms with E-state index in [0.717, 1.165) is 18.4 Å². The first-order chi connectivity index (χ1) is 11.6. The summed E-state index contributed by atoms with van der Waals surface area (Å²) in [6.45, 7) is 4.51. The van der Waals surface area contributed by atoms with Crippen molar-refractivity contribution in [3.63, 3.8) is 0 Å². The van der Waals surface area contributed by atoms with Gasteiger partial charge in [-0.2, -0.15) is 0 Å². The lowest BCUT2D eigenvalue weighted by Gasteiger charge is -2.27. The zero-order valence-corrected chi connectivity index (χ0v) is 14.6. The van der Waals surface area contributed by atoms with E-state index < -0.39 is 0 Å². The number of hydrogen-bond acceptors (Lipinski definition) is 3. The Bertz CT molecular complexity index is 634. The Morgan fingerprint density at radius 1 is 0.833 bits per heavy atom. The maximum Gasteiger partial charge on any atom is 0.118 e. The van der Waals surface area contributed by atoms with Crippen LogP contribution in [0, 0.1) is 0 Å². The molecule has 0 amide bonds. The SMILES string of the molecule is CC[C@H](c1ccc(O)c(CCCO)c1)[C@@H](CC)c1ccc(O)cc1. The molecule has 0 heterocycles. The van der Waals surface area contributed by atoms with E-state index in [1.165, 1.54) is 11.1 Å². The molecule has 0 aromatic heterocycles. The Morgan fingerprint density at radius 2 is 1.42 bits per heavy atom. The normalized spacial score (nSPS) is 13.6. The van der Waals surface area contributed by atoms with Gasteiger partial charge in [0.2, 0.25) is 0 Å². The highest BCUT2D eigenvalue weighted by Crippen LogP contribution is 2.39. The van der Waals surface area contributed by atoms with Gasteiger partial charge in [-0.05, 0) is 72.4 Å². The second-order valence-corrected chi connectivity index (χ2v) is 6.34. The molecule has 0 saturated carbocycles. The van der Waals surface area contributed by atoms with Gasteiger partial charge in [-0.15, -0.1) is 0 Å². The van der Waals surface area contributed by atoms with Gasteiger partial charge in [0, 0.05) is 6.61 Å². The molecular weight excluding hydrogens is 300 g/mol. The van der Waals surface area contributed by atoms with Crippen molar-refractivity contribution in [1.29, 1.82) is 0 Å². The number of aromatic hydroxyl groups is 2. The van der Waals surface area contributed by atoms with E-state index in [2.05, 4.69) is 19.9 Å². The number of benzene rings is 2. The third-order valence-electron chi connectivity index (χ3n) is 4.82. The molecule has 0 spiro atoms. The number of hydrogen-bond donors (Lipinski definition) is 3. The lowest BCUT2D eigenvalue weighted by molar-refractivity contribution is 0.288. The van der Waals surface area contributed by atoms with Crippen LogP contribution in [0.25, 0.3) is 0 Å². The van der Waals surface area contributed by atoms with Gasteiger partial charge in [-0.1, -0.05) is 38.1 Å². The molecule has 24 heavy (non-hydrogen) atoms. The molecule has 2 atom stereocenters. The Kier molecular flexibility index (Phi) is 6.68. The van der Waals surface area contributed by atoms with Crippen molar-refractivity contribution < 1.29 is 15.3 Å². The van der Waals surface area contributed by atoms with E-state index in [4.69, 9.17) is 5.11 Å². The van der Waals surface area contributed by atoms with E-state index in [0.29, 0.717) is 30.4 Å². The van der Waals surface area contributed by atoms with Crippen LogP contribution in [0.4, 0.5) is 0 Å². The van der Waals surface area contributed by atoms with Crippen LogP contribution in [0.15, 0.2) is 42.5 Å². The van der Waals surface area contributed by atoms with Gasteiger partial charge in [0.05, 0.1) is 0 Å². The monoisotopic (exact) mass is 328 g/mol. The van der Waals surface area contributed by atoms with Crippen molar-refractivity contribution in [2.45, 2.75) is 51.4 Å². The van der Waals surface area contributed by atoms with Crippen molar-refractivity contribution >= 4 is 0 Å². The number of rotatable bonds is 8. The van der Waals surface area contributed by atoms with E-state index in [1.807, 2.05) is 18.2 Å². The lowest BCUT2D eigenvalue weighted by Crippen LogP contribution is -2.10. The summed E-state index contributed by atoms with van der Waals surface area (Å²) in [7, 11) is 0. The second-order valence-electron chi connectivity index (χ2n) is 6.34. The van der Waals surface area contributed by atoms with Gasteiger partial charge in [-0.3, -0.25) is 0 Å². The molecule has 0 fully saturated rings. The quantitative estimate of drug-likeness (QED) is 0.657. The highest BCUT2D eigenvalue weighted by atomic mass is 16.3. The fourth-order valence-electron chi connectivity index (χ4n) is 3.53. The Hall–Kier alpha value is -2.00. The fourth-order valence-corrected chi connectivity index (χ4v) is 3.53. The molecule has 0 radical (unpaired) electrons. The average Bonchev–Trinajstić information content (AvgIpc) is 2.60. The third kappa shape index (κ3) is 4.30. The topological polar surface area (TPSA) is 60.7 Å². The number of aryl methyl sites for hydroxylation is 1. The lowest BCUT2D eigenvalue weighted by atomic mass is 9.78. The first kappa shape index (κ1) is 18.3. The molecule has 2 aromatic rings. The zero-order valence-electron chi connectivity index (χ0n) is 14.6. The van der Waals surface area contributed by atoms with Crippen LogP contribution < -0.4 is 0 Å². The maximum absolute atomic E-state index is 10.1. The molecule has 0 aliphatic carbocycles. The fraction of sp³-hybridized carbons (Fsp3) is 0.429. The Balaban J connectivity index is 2.33. The van der Waals surface area contributed by atoms with Crippen molar-refractivity contribution in [1.82, 2.24) is 0 Å². The molecule has 3 N–H and O–H groups in total. The smallest absolute Gasteiger partial charge is 0.118 e. The summed E-state index contributed by atoms with van der Waals surface area (Å²) in [5, 5.41) is 28.6. The molecule has 0 aliphatic heterocycles. The summed E-state index contributed by atoms with van der Waals surface area (Å²) in [5.41, 5.74) is 3.36. The molecule has 3 nitrogen and oxygen atoms in total. The molecule has 3 heteroatoms. The summed E-state index contributed by atoms with van der Waals surface area (Å²) in [4.78, 5) is 0. The van der Waals surface area contributed by atoms with Crippen LogP contribution in [0.5, 0.6) is 11.5 Å². The predicted octanol–water partition coefficient (Wildman–Crippen LogP) is 4.71. The first-order valence-corrected chi connectivity index (χ1v) is 8.82. The van der Waals surface area contributed by atoms with Crippen LogP contribution >= 0.6 is 0 Å². The summed E-state index contributed by atoms with van der Waals surface area (Å²) in [5.74, 6) is 1.32. The third-order valence-corrected chi connectivity index (χ3v) is 4.82. The first-order valence-electron chi connectivity index (χ1n) is 8.82. The van der Waals surface area contributed by atoms with Crippen LogP contribution in [-0.4, -0.2) is 21.9 Å². The summed E-state index contributed by atoms with van der Waals surface area (Å²) in [6.07, 6.45) is 3.35. The van der Waals surface area contributed by atoms with E-state index >= 15 is 0 Å². The van der Waals surface area contributed by atoms with Gasteiger partial charge in [0.25, 0.3) is 0 Å². The number of aliphatic hydroxyl groups excluding tert-OH is 1. The highest BCUT2D eigenvalue weighted by Gasteiger charge is 2.22. The van der Waals surface area contributed by atoms with E-state index in [9.17, 15) is 10.2 Å². The van der Waals surface area contributed by atoms with Crippen molar-refractivity contribution in [2.75, 3.05) is 6.61 Å². The minimum Gasteiger partial charge on any atom is -0.508 e. The highest BCUT2D eigenvalue weighted by molar-refractivity contribution is 5.40. The Labute approximate surface area is 144 Å². The summed E-state index contributed by atoms with van der Waals surface area (Å²) < 4.78 is 0. The van der Waals surface area contributed by atoms with Gasteiger partial charge >= 0.3 is 0 Å². The maximum atomic E-state index is 10.1. The van der Waals surface area contributed by atoms with Crippen LogP contribution in [0.3, 0.4) is 0 Å². The number of aliphatic hydroxyl groups is 1. The van der Waals surface area contributed by atoms with Crippen molar-refractivity contribution in [3.05, 3.63) is 59.2 Å². The predicted molar refractivity (Wildman–Crippen MR) is 97.7 cm³/mol. The number of phenols is 2. The molecule has 130 valence electrons. The standard InChI is InChI=1S/C21H28O3/c1-3-19(15-7-10-18(23)11-8-15)20(4-2)16-9-12-21(24)17(14-16)6-5-13-22/h7-12,14,19-20,22-24H,3-6,13H2,1-2H3/t19-,20+/m0/s1. The van der Waals surface area contributed by atoms with Crippen molar-refractivity contribution in [3.8, 4) is 11.5 Å². The largest absolute Gasteiger partial charge is 0.508 e. The molecule has 2 aromatic carbocycles. The molecule has 0 bridgehead atoms. The zero-order chi connectivity index (χ0) is 17.5. The minimum absolute atomic E-state index is 0.131. The molecule has 0 saturated heterocycles. The molecule has 0 unspecified atom stereocenters. The van der Waals surface area contributed by atoms with Crippen LogP contribution in [-0.2, 0) is 6.42 Å². The number of phenolic OH excluding ortho intramolecular Hbond substituents is 2. The average molecular weight is 328 g/mol. The van der Waals surface area contributed by atoms with Gasteiger partial charge < -0.3 is 15.3 Å². The van der Waals surface area contributed by atoms with E-state index in [-0.39, 0.29) is 12.4 Å². The summed E-state index contributed by atoms with van der Waals surface area (Å²) in [6, 6.07) is 13.4. The van der Waals surface area contributed by atoms with Gasteiger partial charge in [0.1, 0.15) is 11.5 Å². The van der Waals surface area contributed by atoms with Gasteiger partial charge in [-0.25, -0.2) is 0 Å². The summed E-state index contributed by atoms with van der Waals surface area (Å²) >= 11 is 0. The van der Waals surface area contributed by atoms with Crippen LogP contribution in [0.1, 0.15) is 61.6 Å². The van der Waals surface area contributed by atoms with E-state index in [1.54, 1.807) is 18.2 Å². The molecule has 0 aliphatic rings. The van der Waals surface area contributed by atoms with Crippen LogP contribution in [0.2, 0.25) is 0 Å². The Morgan fingerprint density at radius 3 is 2.00 bits per heavy atom. The minimum atomic E-state index is 0.131. The molecular formula is C21H28O3. The van der Waals surface area contributed by atoms with Gasteiger partial charge in [0.15, 0.2) is 0 Å². The molecule has 2 rings (SSSR count).